The van der Waals surface area contributed by atoms with Crippen LogP contribution in [0.3, 0.4) is 0 Å². The van der Waals surface area contributed by atoms with Gasteiger partial charge in [-0.1, -0.05) is 49.7 Å². The van der Waals surface area contributed by atoms with Crippen molar-refractivity contribution in [2.75, 3.05) is 4.90 Å². The van der Waals surface area contributed by atoms with Crippen LogP contribution < -0.4 is 4.90 Å². The van der Waals surface area contributed by atoms with Crippen LogP contribution in [0, 0.1) is 5.41 Å². The van der Waals surface area contributed by atoms with Crippen LogP contribution in [0.1, 0.15) is 50.2 Å². The molecule has 0 bridgehead atoms. The highest BCUT2D eigenvalue weighted by Gasteiger charge is 2.46. The molecular formula is C24H21ClF3NO2. The fourth-order valence-electron chi connectivity index (χ4n) is 4.61. The van der Waals surface area contributed by atoms with E-state index in [1.54, 1.807) is 24.3 Å². The monoisotopic (exact) mass is 447 g/mol. The molecule has 1 atom stereocenters. The summed E-state index contributed by atoms with van der Waals surface area (Å²) in [4.78, 5) is 27.6. The van der Waals surface area contributed by atoms with Crippen LogP contribution in [0.25, 0.3) is 0 Å². The van der Waals surface area contributed by atoms with Gasteiger partial charge in [-0.2, -0.15) is 13.2 Å². The molecule has 0 fully saturated rings. The van der Waals surface area contributed by atoms with Crippen LogP contribution >= 0.6 is 11.6 Å². The maximum absolute atomic E-state index is 13.7. The van der Waals surface area contributed by atoms with Gasteiger partial charge in [-0.25, -0.2) is 0 Å². The molecule has 7 heteroatoms. The maximum atomic E-state index is 13.7. The Morgan fingerprint density at radius 3 is 2.42 bits per heavy atom. The fourth-order valence-corrected chi connectivity index (χ4v) is 4.81. The van der Waals surface area contributed by atoms with E-state index in [9.17, 15) is 22.8 Å². The Morgan fingerprint density at radius 2 is 1.74 bits per heavy atom. The van der Waals surface area contributed by atoms with E-state index in [0.717, 1.165) is 11.0 Å². The largest absolute Gasteiger partial charge is 0.418 e. The maximum Gasteiger partial charge on any atom is 0.418 e. The molecule has 162 valence electrons. The standard InChI is InChI=1S/C24H21ClF3NO2/c1-23(2)12-19-22(20(30)13-23)16(14-6-5-7-15(25)10-14)11-21(31)29(19)18-9-4-3-8-17(18)24(26,27)28/h3-10,16H,11-13H2,1-2H3. The second-order valence-electron chi connectivity index (χ2n) is 8.86. The summed E-state index contributed by atoms with van der Waals surface area (Å²) in [5.41, 5.74) is -0.116. The van der Waals surface area contributed by atoms with Crippen LogP contribution in [0.4, 0.5) is 18.9 Å². The van der Waals surface area contributed by atoms with Crippen LogP contribution in [0.15, 0.2) is 59.8 Å². The van der Waals surface area contributed by atoms with Gasteiger partial charge < -0.3 is 0 Å². The molecule has 4 rings (SSSR count). The number of Topliss-reactive ketones (excluding diaryl/α,β-unsaturated/α-hetero) is 1. The summed E-state index contributed by atoms with van der Waals surface area (Å²) < 4.78 is 41.2. The van der Waals surface area contributed by atoms with E-state index in [4.69, 9.17) is 11.6 Å². The first-order chi connectivity index (χ1) is 14.5. The molecule has 2 aromatic carbocycles. The van der Waals surface area contributed by atoms with Crippen molar-refractivity contribution in [1.82, 2.24) is 0 Å². The van der Waals surface area contributed by atoms with Crippen molar-refractivity contribution >= 4 is 29.0 Å². The number of alkyl halides is 3. The summed E-state index contributed by atoms with van der Waals surface area (Å²) in [5.74, 6) is -1.14. The molecular weight excluding hydrogens is 427 g/mol. The van der Waals surface area contributed by atoms with E-state index in [1.807, 2.05) is 13.8 Å². The lowest BCUT2D eigenvalue weighted by molar-refractivity contribution is -0.137. The lowest BCUT2D eigenvalue weighted by atomic mass is 9.69. The van der Waals surface area contributed by atoms with Crippen molar-refractivity contribution < 1.29 is 22.8 Å². The summed E-state index contributed by atoms with van der Waals surface area (Å²) in [5, 5.41) is 0.473. The second kappa shape index (κ2) is 7.52. The molecule has 31 heavy (non-hydrogen) atoms. The number of hydrogen-bond donors (Lipinski definition) is 0. The van der Waals surface area contributed by atoms with Crippen molar-refractivity contribution in [3.8, 4) is 0 Å². The first kappa shape index (κ1) is 21.6. The van der Waals surface area contributed by atoms with Gasteiger partial charge in [-0.3, -0.25) is 14.5 Å². The zero-order valence-electron chi connectivity index (χ0n) is 17.1. The molecule has 0 saturated carbocycles. The van der Waals surface area contributed by atoms with E-state index in [1.165, 1.54) is 18.2 Å². The summed E-state index contributed by atoms with van der Waals surface area (Å²) >= 11 is 6.13. The molecule has 0 N–H and O–H groups in total. The number of allylic oxidation sites excluding steroid dienone is 2. The third-order valence-corrected chi connectivity index (χ3v) is 6.08. The Kier molecular flexibility index (Phi) is 5.24. The quantitative estimate of drug-likeness (QED) is 0.525. The van der Waals surface area contributed by atoms with Gasteiger partial charge in [0.15, 0.2) is 5.78 Å². The number of benzene rings is 2. The van der Waals surface area contributed by atoms with E-state index in [0.29, 0.717) is 28.3 Å². The minimum atomic E-state index is -4.63. The molecule has 0 radical (unpaired) electrons. The molecule has 1 amide bonds. The Morgan fingerprint density at radius 1 is 1.03 bits per heavy atom. The van der Waals surface area contributed by atoms with E-state index < -0.39 is 29.0 Å². The zero-order chi connectivity index (χ0) is 22.6. The molecule has 1 aliphatic heterocycles. The fraction of sp³-hybridized carbons (Fsp3) is 0.333. The molecule has 0 saturated heterocycles. The number of carbonyl (C=O) groups is 2. The number of nitrogens with zero attached hydrogens (tertiary/aromatic N) is 1. The van der Waals surface area contributed by atoms with E-state index in [-0.39, 0.29) is 24.3 Å². The molecule has 0 spiro atoms. The van der Waals surface area contributed by atoms with Crippen molar-refractivity contribution in [2.24, 2.45) is 5.41 Å². The molecule has 1 aliphatic carbocycles. The average Bonchev–Trinajstić information content (AvgIpc) is 2.65. The SMILES string of the molecule is CC1(C)CC(=O)C2=C(C1)N(c1ccccc1C(F)(F)F)C(=O)CC2c1cccc(Cl)c1. The van der Waals surface area contributed by atoms with Gasteiger partial charge in [0.05, 0.1) is 11.3 Å². The molecule has 3 nitrogen and oxygen atoms in total. The van der Waals surface area contributed by atoms with Gasteiger partial charge in [-0.05, 0) is 41.7 Å². The third-order valence-electron chi connectivity index (χ3n) is 5.84. The van der Waals surface area contributed by atoms with Crippen LogP contribution in [0.5, 0.6) is 0 Å². The molecule has 2 aliphatic rings. The predicted octanol–water partition coefficient (Wildman–Crippen LogP) is 6.52. The minimum Gasteiger partial charge on any atom is -0.294 e. The number of amides is 1. The molecule has 0 aromatic heterocycles. The number of anilines is 1. The number of para-hydroxylation sites is 1. The van der Waals surface area contributed by atoms with Gasteiger partial charge in [0.25, 0.3) is 0 Å². The topological polar surface area (TPSA) is 37.4 Å². The van der Waals surface area contributed by atoms with Gasteiger partial charge >= 0.3 is 6.18 Å². The van der Waals surface area contributed by atoms with Crippen molar-refractivity contribution in [2.45, 2.75) is 45.2 Å². The Labute approximate surface area is 183 Å². The Balaban J connectivity index is 1.95. The lowest BCUT2D eigenvalue weighted by Gasteiger charge is -2.43. The highest BCUT2D eigenvalue weighted by atomic mass is 35.5. The smallest absolute Gasteiger partial charge is 0.294 e. The lowest BCUT2D eigenvalue weighted by Crippen LogP contribution is -2.44. The number of carbonyl (C=O) groups excluding carboxylic acids is 2. The summed E-state index contributed by atoms with van der Waals surface area (Å²) in [7, 11) is 0. The Hall–Kier alpha value is -2.60. The summed E-state index contributed by atoms with van der Waals surface area (Å²) in [6.07, 6.45) is -4.14. The highest BCUT2D eigenvalue weighted by molar-refractivity contribution is 6.30. The number of hydrogen-bond acceptors (Lipinski definition) is 2. The number of ketones is 1. The number of rotatable bonds is 2. The molecule has 1 heterocycles. The van der Waals surface area contributed by atoms with E-state index >= 15 is 0 Å². The highest BCUT2D eigenvalue weighted by Crippen LogP contribution is 2.50. The van der Waals surface area contributed by atoms with Gasteiger partial charge in [0.2, 0.25) is 5.91 Å². The summed E-state index contributed by atoms with van der Waals surface area (Å²) in [6.45, 7) is 3.77. The van der Waals surface area contributed by atoms with Crippen LogP contribution in [-0.2, 0) is 15.8 Å². The van der Waals surface area contributed by atoms with E-state index in [2.05, 4.69) is 0 Å². The van der Waals surface area contributed by atoms with Crippen molar-refractivity contribution in [1.29, 1.82) is 0 Å². The minimum absolute atomic E-state index is 0.0997. The van der Waals surface area contributed by atoms with Gasteiger partial charge in [0.1, 0.15) is 0 Å². The first-order valence-corrected chi connectivity index (χ1v) is 10.4. The van der Waals surface area contributed by atoms with Crippen molar-refractivity contribution in [3.05, 3.63) is 76.0 Å². The summed E-state index contributed by atoms with van der Waals surface area (Å²) in [6, 6.07) is 11.9. The van der Waals surface area contributed by atoms with Crippen LogP contribution in [-0.4, -0.2) is 11.7 Å². The number of halogens is 4. The zero-order valence-corrected chi connectivity index (χ0v) is 17.8. The molecule has 1 unspecified atom stereocenters. The third kappa shape index (κ3) is 4.01. The van der Waals surface area contributed by atoms with Crippen LogP contribution in [0.2, 0.25) is 5.02 Å². The Bertz CT molecular complexity index is 1100. The normalized spacial score (nSPS) is 21.4. The molecule has 2 aromatic rings. The van der Waals surface area contributed by atoms with Gasteiger partial charge in [0, 0.05) is 35.1 Å². The predicted molar refractivity (Wildman–Crippen MR) is 113 cm³/mol. The average molecular weight is 448 g/mol. The van der Waals surface area contributed by atoms with Gasteiger partial charge in [-0.15, -0.1) is 0 Å². The second-order valence-corrected chi connectivity index (χ2v) is 9.29. The first-order valence-electron chi connectivity index (χ1n) is 9.99. The van der Waals surface area contributed by atoms with Crippen molar-refractivity contribution in [3.63, 3.8) is 0 Å².